The van der Waals surface area contributed by atoms with E-state index in [0.29, 0.717) is 0 Å². The molecule has 0 radical (unpaired) electrons. The molecule has 0 N–H and O–H groups in total. The first-order chi connectivity index (χ1) is 10.4. The van der Waals surface area contributed by atoms with E-state index in [1.807, 2.05) is 0 Å². The number of esters is 1. The van der Waals surface area contributed by atoms with Crippen LogP contribution in [0.25, 0.3) is 0 Å². The quantitative estimate of drug-likeness (QED) is 0.446. The van der Waals surface area contributed by atoms with Crippen LogP contribution >= 0.6 is 0 Å². The Balaban J connectivity index is 2.61. The third-order valence-electron chi connectivity index (χ3n) is 3.18. The number of nitro groups is 1. The lowest BCUT2D eigenvalue weighted by atomic mass is 10.2. The maximum Gasteiger partial charge on any atom is 0.346 e. The number of hydrogen-bond acceptors (Lipinski definition) is 7. The van der Waals surface area contributed by atoms with Gasteiger partial charge in [0.1, 0.15) is 4.90 Å². The van der Waals surface area contributed by atoms with Crippen molar-refractivity contribution in [1.29, 1.82) is 0 Å². The molecule has 120 valence electrons. The van der Waals surface area contributed by atoms with Gasteiger partial charge in [-0.05, 0) is 6.07 Å². The van der Waals surface area contributed by atoms with Crippen molar-refractivity contribution in [2.45, 2.75) is 4.90 Å². The van der Waals surface area contributed by atoms with Crippen molar-refractivity contribution < 1.29 is 27.6 Å². The van der Waals surface area contributed by atoms with Crippen molar-refractivity contribution in [1.82, 2.24) is 4.31 Å². The molecule has 0 aromatic heterocycles. The van der Waals surface area contributed by atoms with Gasteiger partial charge in [0.15, 0.2) is 5.56 Å². The smallest absolute Gasteiger partial charge is 0.346 e. The van der Waals surface area contributed by atoms with Gasteiger partial charge in [-0.1, -0.05) is 6.07 Å². The van der Waals surface area contributed by atoms with Gasteiger partial charge in [-0.3, -0.25) is 10.1 Å². The number of sulfonamides is 1. The molecule has 2 rings (SSSR count). The molecule has 0 spiro atoms. The summed E-state index contributed by atoms with van der Waals surface area (Å²) in [6.45, 7) is 0.681. The zero-order chi connectivity index (χ0) is 16.3. The molecule has 1 aliphatic heterocycles. The Hall–Kier alpha value is -2.04. The predicted octanol–water partition coefficient (Wildman–Crippen LogP) is 0.402. The van der Waals surface area contributed by atoms with Gasteiger partial charge in [0.25, 0.3) is 5.69 Å². The fraction of sp³-hybridized carbons (Fsp3) is 0.417. The number of carbonyl (C=O) groups excluding carboxylic acids is 1. The number of hydrogen-bond donors (Lipinski definition) is 0. The summed E-state index contributed by atoms with van der Waals surface area (Å²) in [5, 5.41) is 11.1. The first-order valence-corrected chi connectivity index (χ1v) is 7.77. The highest BCUT2D eigenvalue weighted by Crippen LogP contribution is 2.29. The van der Waals surface area contributed by atoms with Crippen LogP contribution in [0.5, 0.6) is 0 Å². The summed E-state index contributed by atoms with van der Waals surface area (Å²) >= 11 is 0. The maximum absolute atomic E-state index is 12.6. The van der Waals surface area contributed by atoms with Crippen LogP contribution in [0.4, 0.5) is 5.69 Å². The van der Waals surface area contributed by atoms with E-state index in [1.54, 1.807) is 0 Å². The number of rotatable bonds is 4. The maximum atomic E-state index is 12.6. The summed E-state index contributed by atoms with van der Waals surface area (Å²) in [5.74, 6) is -1.07. The third-order valence-corrected chi connectivity index (χ3v) is 5.12. The average molecular weight is 330 g/mol. The van der Waals surface area contributed by atoms with E-state index < -0.39 is 37.1 Å². The summed E-state index contributed by atoms with van der Waals surface area (Å²) in [7, 11) is -3.02. The molecule has 0 saturated carbocycles. The van der Waals surface area contributed by atoms with Gasteiger partial charge in [0.2, 0.25) is 10.0 Å². The minimum atomic E-state index is -4.06. The van der Waals surface area contributed by atoms with Crippen molar-refractivity contribution in [2.24, 2.45) is 0 Å². The van der Waals surface area contributed by atoms with E-state index in [0.717, 1.165) is 23.5 Å². The van der Waals surface area contributed by atoms with Gasteiger partial charge < -0.3 is 9.47 Å². The van der Waals surface area contributed by atoms with Crippen molar-refractivity contribution in [2.75, 3.05) is 33.4 Å². The van der Waals surface area contributed by atoms with Crippen LogP contribution in [0.1, 0.15) is 10.4 Å². The van der Waals surface area contributed by atoms with Crippen LogP contribution in [-0.4, -0.2) is 57.0 Å². The lowest BCUT2D eigenvalue weighted by Gasteiger charge is -2.26. The van der Waals surface area contributed by atoms with Gasteiger partial charge in [-0.2, -0.15) is 4.31 Å². The molecule has 1 saturated heterocycles. The molecular weight excluding hydrogens is 316 g/mol. The number of nitrogens with zero attached hydrogens (tertiary/aromatic N) is 2. The van der Waals surface area contributed by atoms with Crippen molar-refractivity contribution in [3.05, 3.63) is 33.9 Å². The van der Waals surface area contributed by atoms with E-state index in [1.165, 1.54) is 6.07 Å². The Bertz CT molecular complexity index is 695. The highest BCUT2D eigenvalue weighted by Gasteiger charge is 2.35. The summed E-state index contributed by atoms with van der Waals surface area (Å²) in [6, 6.07) is 3.44. The Morgan fingerprint density at radius 1 is 1.36 bits per heavy atom. The van der Waals surface area contributed by atoms with E-state index in [2.05, 4.69) is 4.74 Å². The lowest BCUT2D eigenvalue weighted by molar-refractivity contribution is -0.385. The van der Waals surface area contributed by atoms with Crippen LogP contribution < -0.4 is 0 Å². The van der Waals surface area contributed by atoms with E-state index in [4.69, 9.17) is 4.74 Å². The van der Waals surface area contributed by atoms with E-state index in [-0.39, 0.29) is 26.3 Å². The minimum Gasteiger partial charge on any atom is -0.465 e. The molecular formula is C12H14N2O7S. The number of ether oxygens (including phenoxy) is 2. The zero-order valence-corrected chi connectivity index (χ0v) is 12.5. The summed E-state index contributed by atoms with van der Waals surface area (Å²) in [6.07, 6.45) is 0. The van der Waals surface area contributed by atoms with Crippen molar-refractivity contribution >= 4 is 21.7 Å². The third kappa shape index (κ3) is 2.93. The predicted molar refractivity (Wildman–Crippen MR) is 74.0 cm³/mol. The Kier molecular flexibility index (Phi) is 4.74. The van der Waals surface area contributed by atoms with Crippen LogP contribution in [0.2, 0.25) is 0 Å². The van der Waals surface area contributed by atoms with Gasteiger partial charge in [-0.25, -0.2) is 13.2 Å². The first kappa shape index (κ1) is 16.3. The molecule has 1 fully saturated rings. The second-order valence-corrected chi connectivity index (χ2v) is 6.32. The molecule has 10 heteroatoms. The molecule has 0 atom stereocenters. The van der Waals surface area contributed by atoms with Crippen LogP contribution in [0.15, 0.2) is 23.1 Å². The highest BCUT2D eigenvalue weighted by atomic mass is 32.2. The van der Waals surface area contributed by atoms with Crippen LogP contribution in [0, 0.1) is 10.1 Å². The van der Waals surface area contributed by atoms with Gasteiger partial charge in [0, 0.05) is 19.2 Å². The second-order valence-electron chi connectivity index (χ2n) is 4.42. The molecule has 1 heterocycles. The number of morpholine rings is 1. The molecule has 0 unspecified atom stereocenters. The van der Waals surface area contributed by atoms with E-state index >= 15 is 0 Å². The first-order valence-electron chi connectivity index (χ1n) is 6.33. The number of carbonyl (C=O) groups is 1. The summed E-state index contributed by atoms with van der Waals surface area (Å²) in [4.78, 5) is 21.7. The molecule has 0 amide bonds. The average Bonchev–Trinajstić information content (AvgIpc) is 2.54. The highest BCUT2D eigenvalue weighted by molar-refractivity contribution is 7.89. The molecule has 1 aromatic carbocycles. The molecule has 1 aromatic rings. The summed E-state index contributed by atoms with van der Waals surface area (Å²) in [5.41, 5.74) is -1.18. The summed E-state index contributed by atoms with van der Waals surface area (Å²) < 4.78 is 36.0. The Labute approximate surface area is 126 Å². The molecule has 1 aliphatic rings. The monoisotopic (exact) mass is 330 g/mol. The molecule has 22 heavy (non-hydrogen) atoms. The second kappa shape index (κ2) is 6.38. The topological polar surface area (TPSA) is 116 Å². The molecule has 0 aliphatic carbocycles. The van der Waals surface area contributed by atoms with Gasteiger partial charge in [-0.15, -0.1) is 0 Å². The number of nitro benzene ring substituents is 1. The number of benzene rings is 1. The number of methoxy groups -OCH3 is 1. The Morgan fingerprint density at radius 3 is 2.55 bits per heavy atom. The van der Waals surface area contributed by atoms with Gasteiger partial charge in [0.05, 0.1) is 25.2 Å². The fourth-order valence-electron chi connectivity index (χ4n) is 2.12. The van der Waals surface area contributed by atoms with E-state index in [9.17, 15) is 23.3 Å². The molecule has 9 nitrogen and oxygen atoms in total. The van der Waals surface area contributed by atoms with Crippen LogP contribution in [-0.2, 0) is 19.5 Å². The SMILES string of the molecule is COC(=O)c1c([N+](=O)[O-])cccc1S(=O)(=O)N1CCOCC1. The Morgan fingerprint density at radius 2 is 2.00 bits per heavy atom. The normalized spacial score (nSPS) is 16.2. The molecule has 0 bridgehead atoms. The van der Waals surface area contributed by atoms with Crippen LogP contribution in [0.3, 0.4) is 0 Å². The fourth-order valence-corrected chi connectivity index (χ4v) is 3.72. The zero-order valence-electron chi connectivity index (χ0n) is 11.7. The van der Waals surface area contributed by atoms with Gasteiger partial charge >= 0.3 is 5.97 Å². The minimum absolute atomic E-state index is 0.117. The largest absolute Gasteiger partial charge is 0.465 e. The lowest BCUT2D eigenvalue weighted by Crippen LogP contribution is -2.41. The van der Waals surface area contributed by atoms with Crippen molar-refractivity contribution in [3.63, 3.8) is 0 Å². The van der Waals surface area contributed by atoms with Crippen molar-refractivity contribution in [3.8, 4) is 0 Å². The standard InChI is InChI=1S/C12H14N2O7S/c1-20-12(15)11-9(14(16)17)3-2-4-10(11)22(18,19)13-5-7-21-8-6-13/h2-4H,5-8H2,1H3.